The van der Waals surface area contributed by atoms with Gasteiger partial charge in [0.1, 0.15) is 10.8 Å². The molecule has 1 aromatic carbocycles. The number of anilines is 1. The van der Waals surface area contributed by atoms with Crippen LogP contribution in [0.5, 0.6) is 5.75 Å². The Morgan fingerprint density at radius 1 is 1.23 bits per heavy atom. The molecule has 2 aromatic heterocycles. The van der Waals surface area contributed by atoms with Crippen molar-refractivity contribution in [1.82, 2.24) is 19.7 Å². The Bertz CT molecular complexity index is 977. The number of methoxy groups -OCH3 is 1. The molecule has 0 spiro atoms. The first-order chi connectivity index (χ1) is 12.4. The zero-order valence-electron chi connectivity index (χ0n) is 14.6. The van der Waals surface area contributed by atoms with Gasteiger partial charge < -0.3 is 9.30 Å². The van der Waals surface area contributed by atoms with Gasteiger partial charge in [0.2, 0.25) is 5.13 Å². The molecule has 0 fully saturated rings. The number of nitrogens with one attached hydrogen (secondary N) is 1. The highest BCUT2D eigenvalue weighted by Crippen LogP contribution is 2.28. The summed E-state index contributed by atoms with van der Waals surface area (Å²) in [6.45, 7) is 4.80. The van der Waals surface area contributed by atoms with Gasteiger partial charge in [-0.15, -0.1) is 10.2 Å². The average molecular weight is 393 g/mol. The van der Waals surface area contributed by atoms with E-state index in [9.17, 15) is 8.42 Å². The van der Waals surface area contributed by atoms with Crippen molar-refractivity contribution in [3.8, 4) is 16.3 Å². The van der Waals surface area contributed by atoms with Gasteiger partial charge in [-0.25, -0.2) is 4.98 Å². The second-order valence-electron chi connectivity index (χ2n) is 6.05. The topological polar surface area (TPSA) is 99.0 Å². The van der Waals surface area contributed by atoms with Crippen molar-refractivity contribution in [2.24, 2.45) is 5.92 Å². The Hall–Kier alpha value is -2.46. The van der Waals surface area contributed by atoms with E-state index in [1.807, 2.05) is 38.1 Å². The van der Waals surface area contributed by atoms with Crippen LogP contribution in [0.2, 0.25) is 0 Å². The van der Waals surface area contributed by atoms with E-state index < -0.39 is 10.0 Å². The molecule has 0 unspecified atom stereocenters. The van der Waals surface area contributed by atoms with E-state index in [1.165, 1.54) is 12.5 Å². The van der Waals surface area contributed by atoms with Crippen molar-refractivity contribution in [2.75, 3.05) is 11.8 Å². The molecular formula is C16H19N5O3S2. The maximum Gasteiger partial charge on any atom is 0.282 e. The van der Waals surface area contributed by atoms with Crippen LogP contribution in [0.1, 0.15) is 13.8 Å². The first-order valence-electron chi connectivity index (χ1n) is 7.90. The van der Waals surface area contributed by atoms with Crippen LogP contribution in [0.4, 0.5) is 5.13 Å². The van der Waals surface area contributed by atoms with Crippen LogP contribution in [-0.4, -0.2) is 35.3 Å². The third kappa shape index (κ3) is 4.20. The van der Waals surface area contributed by atoms with Gasteiger partial charge in [0.25, 0.3) is 10.0 Å². The molecule has 1 N–H and O–H groups in total. The van der Waals surface area contributed by atoms with E-state index >= 15 is 0 Å². The van der Waals surface area contributed by atoms with Crippen LogP contribution in [0.25, 0.3) is 10.6 Å². The highest BCUT2D eigenvalue weighted by molar-refractivity contribution is 7.92. The molecule has 2 heterocycles. The van der Waals surface area contributed by atoms with Crippen molar-refractivity contribution in [1.29, 1.82) is 0 Å². The largest absolute Gasteiger partial charge is 0.497 e. The third-order valence-electron chi connectivity index (χ3n) is 3.44. The molecule has 8 nitrogen and oxygen atoms in total. The third-order valence-corrected chi connectivity index (χ3v) is 5.69. The number of hydrogen-bond donors (Lipinski definition) is 1. The number of benzene rings is 1. The van der Waals surface area contributed by atoms with E-state index in [2.05, 4.69) is 19.9 Å². The zero-order chi connectivity index (χ0) is 18.7. The molecule has 0 radical (unpaired) electrons. The lowest BCUT2D eigenvalue weighted by atomic mass is 10.2. The molecule has 0 saturated carbocycles. The number of ether oxygens (including phenoxy) is 1. The van der Waals surface area contributed by atoms with Crippen LogP contribution in [-0.2, 0) is 16.6 Å². The summed E-state index contributed by atoms with van der Waals surface area (Å²) < 4.78 is 34.2. The molecule has 3 rings (SSSR count). The number of aromatic nitrogens is 4. The lowest BCUT2D eigenvalue weighted by Gasteiger charge is -2.04. The van der Waals surface area contributed by atoms with E-state index in [1.54, 1.807) is 11.7 Å². The summed E-state index contributed by atoms with van der Waals surface area (Å²) in [6, 6.07) is 7.29. The summed E-state index contributed by atoms with van der Waals surface area (Å²) in [6.07, 6.45) is 3.02. The van der Waals surface area contributed by atoms with Gasteiger partial charge in [-0.3, -0.25) is 4.72 Å². The van der Waals surface area contributed by atoms with Crippen molar-refractivity contribution >= 4 is 26.5 Å². The predicted octanol–water partition coefficient (Wildman–Crippen LogP) is 2.87. The molecule has 26 heavy (non-hydrogen) atoms. The molecule has 0 atom stereocenters. The highest BCUT2D eigenvalue weighted by Gasteiger charge is 2.20. The Balaban J connectivity index is 1.76. The fourth-order valence-electron chi connectivity index (χ4n) is 2.28. The number of nitrogens with zero attached hydrogens (tertiary/aromatic N) is 4. The molecule has 0 saturated heterocycles. The van der Waals surface area contributed by atoms with Gasteiger partial charge in [0.05, 0.1) is 13.4 Å². The molecule has 0 aliphatic heterocycles. The minimum atomic E-state index is -3.80. The van der Waals surface area contributed by atoms with Crippen LogP contribution >= 0.6 is 11.3 Å². The van der Waals surface area contributed by atoms with Crippen molar-refractivity contribution < 1.29 is 13.2 Å². The lowest BCUT2D eigenvalue weighted by Crippen LogP contribution is -2.13. The molecule has 0 aliphatic rings. The van der Waals surface area contributed by atoms with Gasteiger partial charge in [-0.05, 0) is 30.2 Å². The molecule has 0 amide bonds. The maximum atomic E-state index is 12.5. The number of imidazole rings is 1. The average Bonchev–Trinajstić information content (AvgIpc) is 3.24. The molecule has 0 bridgehead atoms. The van der Waals surface area contributed by atoms with Crippen molar-refractivity contribution in [3.63, 3.8) is 0 Å². The molecule has 0 aliphatic carbocycles. The van der Waals surface area contributed by atoms with E-state index in [0.29, 0.717) is 17.5 Å². The zero-order valence-corrected chi connectivity index (χ0v) is 16.2. The Morgan fingerprint density at radius 2 is 1.96 bits per heavy atom. The molecule has 10 heteroatoms. The minimum Gasteiger partial charge on any atom is -0.497 e. The summed E-state index contributed by atoms with van der Waals surface area (Å²) in [4.78, 5) is 3.98. The van der Waals surface area contributed by atoms with Gasteiger partial charge in [0.15, 0.2) is 5.03 Å². The van der Waals surface area contributed by atoms with Gasteiger partial charge in [-0.1, -0.05) is 25.2 Å². The predicted molar refractivity (Wildman–Crippen MR) is 99.8 cm³/mol. The standard InChI is InChI=1S/C16H19N5O3S2/c1-11(2)8-21-9-14(17-10-21)26(22,23)20-16-19-18-15(25-16)12-4-6-13(24-3)7-5-12/h4-7,9-11H,8H2,1-3H3,(H,19,20). The fourth-order valence-corrected chi connectivity index (χ4v) is 4.21. The van der Waals surface area contributed by atoms with Crippen molar-refractivity contribution in [2.45, 2.75) is 25.4 Å². The van der Waals surface area contributed by atoms with Gasteiger partial charge >= 0.3 is 0 Å². The smallest absolute Gasteiger partial charge is 0.282 e. The molecule has 3 aromatic rings. The molecular weight excluding hydrogens is 374 g/mol. The second kappa shape index (κ2) is 7.42. The Kier molecular flexibility index (Phi) is 5.23. The quantitative estimate of drug-likeness (QED) is 0.663. The van der Waals surface area contributed by atoms with Gasteiger partial charge in [0, 0.05) is 18.3 Å². The lowest BCUT2D eigenvalue weighted by molar-refractivity contribution is 0.415. The van der Waals surface area contributed by atoms with E-state index in [4.69, 9.17) is 4.74 Å². The second-order valence-corrected chi connectivity index (χ2v) is 8.66. The summed E-state index contributed by atoms with van der Waals surface area (Å²) in [5, 5.41) is 8.71. The van der Waals surface area contributed by atoms with Gasteiger partial charge in [-0.2, -0.15) is 8.42 Å². The van der Waals surface area contributed by atoms with Crippen LogP contribution < -0.4 is 9.46 Å². The monoisotopic (exact) mass is 393 g/mol. The number of sulfonamides is 1. The SMILES string of the molecule is COc1ccc(-c2nnc(NS(=O)(=O)c3cn(CC(C)C)cn3)s2)cc1. The molecule has 138 valence electrons. The summed E-state index contributed by atoms with van der Waals surface area (Å²) in [5.41, 5.74) is 0.829. The summed E-state index contributed by atoms with van der Waals surface area (Å²) in [7, 11) is -2.21. The summed E-state index contributed by atoms with van der Waals surface area (Å²) >= 11 is 1.15. The minimum absolute atomic E-state index is 0.0423. The Labute approximate surface area is 155 Å². The van der Waals surface area contributed by atoms with Crippen LogP contribution in [0.15, 0.2) is 41.8 Å². The van der Waals surface area contributed by atoms with Crippen LogP contribution in [0.3, 0.4) is 0 Å². The number of rotatable bonds is 7. The maximum absolute atomic E-state index is 12.5. The van der Waals surface area contributed by atoms with Crippen LogP contribution in [0, 0.1) is 5.92 Å². The normalized spacial score (nSPS) is 11.7. The van der Waals surface area contributed by atoms with E-state index in [-0.39, 0.29) is 10.2 Å². The van der Waals surface area contributed by atoms with E-state index in [0.717, 1.165) is 22.6 Å². The Morgan fingerprint density at radius 3 is 2.62 bits per heavy atom. The summed E-state index contributed by atoms with van der Waals surface area (Å²) in [5.74, 6) is 1.12. The number of hydrogen-bond acceptors (Lipinski definition) is 7. The first kappa shape index (κ1) is 18.3. The first-order valence-corrected chi connectivity index (χ1v) is 10.2. The fraction of sp³-hybridized carbons (Fsp3) is 0.312. The van der Waals surface area contributed by atoms with Crippen molar-refractivity contribution in [3.05, 3.63) is 36.8 Å². The highest BCUT2D eigenvalue weighted by atomic mass is 32.2.